The largest absolute Gasteiger partial charge is 0.389 e. The summed E-state index contributed by atoms with van der Waals surface area (Å²) in [6.45, 7) is 3.13. The molecular weight excluding hydrogens is 398 g/mol. The number of rotatable bonds is 9. The van der Waals surface area contributed by atoms with Crippen molar-refractivity contribution in [3.63, 3.8) is 0 Å². The van der Waals surface area contributed by atoms with Crippen LogP contribution in [0.1, 0.15) is 29.5 Å². The Morgan fingerprint density at radius 1 is 0.812 bits per heavy atom. The molecule has 2 N–H and O–H groups in total. The maximum absolute atomic E-state index is 12.0. The molecule has 0 unspecified atom stereocenters. The van der Waals surface area contributed by atoms with Gasteiger partial charge >= 0.3 is 0 Å². The summed E-state index contributed by atoms with van der Waals surface area (Å²) in [6, 6.07) is 30.0. The summed E-state index contributed by atoms with van der Waals surface area (Å²) < 4.78 is 5.70. The number of likely N-dealkylation sites (tertiary alicyclic amines) is 1. The van der Waals surface area contributed by atoms with Gasteiger partial charge in [0.2, 0.25) is 0 Å². The second-order valence-electron chi connectivity index (χ2n) is 8.73. The highest BCUT2D eigenvalue weighted by Crippen LogP contribution is 2.41. The average Bonchev–Trinajstić information content (AvgIpc) is 2.86. The third-order valence-electron chi connectivity index (χ3n) is 6.50. The van der Waals surface area contributed by atoms with E-state index in [1.54, 1.807) is 0 Å². The molecule has 3 aromatic carbocycles. The molecule has 1 aliphatic rings. The molecule has 4 rings (SSSR count). The molecule has 4 heteroatoms. The van der Waals surface area contributed by atoms with Gasteiger partial charge in [-0.05, 0) is 48.5 Å². The number of benzene rings is 3. The summed E-state index contributed by atoms with van der Waals surface area (Å²) in [6.07, 6.45) is 1.23. The van der Waals surface area contributed by atoms with Crippen molar-refractivity contribution in [3.05, 3.63) is 108 Å². The molecule has 1 aliphatic heterocycles. The standard InChI is InChI=1S/C28H33NO3/c30-27(22-32-21-23-10-4-1-5-11-23)20-29-18-16-26(17-19-29)28(31,24-12-6-2-7-13-24)25-14-8-3-9-15-25/h1-15,26-27,30-31H,16-22H2/t27-/m1/s1. The van der Waals surface area contributed by atoms with Gasteiger partial charge in [0.05, 0.1) is 19.3 Å². The second-order valence-corrected chi connectivity index (χ2v) is 8.73. The number of nitrogens with zero attached hydrogens (tertiary/aromatic N) is 1. The second kappa shape index (κ2) is 10.9. The van der Waals surface area contributed by atoms with Crippen LogP contribution < -0.4 is 0 Å². The van der Waals surface area contributed by atoms with E-state index in [1.807, 2.05) is 91.0 Å². The minimum absolute atomic E-state index is 0.120. The Balaban J connectivity index is 1.33. The molecular formula is C28H33NO3. The third-order valence-corrected chi connectivity index (χ3v) is 6.50. The van der Waals surface area contributed by atoms with E-state index in [4.69, 9.17) is 4.74 Å². The predicted octanol–water partition coefficient (Wildman–Crippen LogP) is 4.21. The van der Waals surface area contributed by atoms with Gasteiger partial charge in [-0.15, -0.1) is 0 Å². The first kappa shape index (κ1) is 22.7. The van der Waals surface area contributed by atoms with E-state index in [0.717, 1.165) is 42.6 Å². The lowest BCUT2D eigenvalue weighted by molar-refractivity contribution is -0.0294. The Morgan fingerprint density at radius 2 is 1.31 bits per heavy atom. The quantitative estimate of drug-likeness (QED) is 0.533. The number of hydrogen-bond donors (Lipinski definition) is 2. The molecule has 1 saturated heterocycles. The van der Waals surface area contributed by atoms with Crippen LogP contribution in [-0.4, -0.2) is 47.5 Å². The number of aliphatic hydroxyl groups is 2. The van der Waals surface area contributed by atoms with Gasteiger partial charge in [-0.1, -0.05) is 91.0 Å². The van der Waals surface area contributed by atoms with E-state index in [2.05, 4.69) is 4.90 Å². The zero-order chi connectivity index (χ0) is 22.2. The molecule has 1 heterocycles. The van der Waals surface area contributed by atoms with Crippen molar-refractivity contribution in [1.82, 2.24) is 4.90 Å². The Hall–Kier alpha value is -2.50. The number of ether oxygens (including phenoxy) is 1. The highest BCUT2D eigenvalue weighted by molar-refractivity contribution is 5.37. The fourth-order valence-corrected chi connectivity index (χ4v) is 4.79. The van der Waals surface area contributed by atoms with Crippen molar-refractivity contribution < 1.29 is 14.9 Å². The summed E-state index contributed by atoms with van der Waals surface area (Å²) in [4.78, 5) is 2.28. The molecule has 1 fully saturated rings. The molecule has 0 amide bonds. The fourth-order valence-electron chi connectivity index (χ4n) is 4.79. The van der Waals surface area contributed by atoms with E-state index >= 15 is 0 Å². The molecule has 32 heavy (non-hydrogen) atoms. The Labute approximate surface area is 191 Å². The van der Waals surface area contributed by atoms with Crippen molar-refractivity contribution in [3.8, 4) is 0 Å². The molecule has 4 nitrogen and oxygen atoms in total. The summed E-state index contributed by atoms with van der Waals surface area (Å²) in [5.74, 6) is 0.120. The number of hydrogen-bond acceptors (Lipinski definition) is 4. The van der Waals surface area contributed by atoms with E-state index in [9.17, 15) is 10.2 Å². The molecule has 0 radical (unpaired) electrons. The average molecular weight is 432 g/mol. The molecule has 0 aromatic heterocycles. The van der Waals surface area contributed by atoms with Crippen molar-refractivity contribution in [2.24, 2.45) is 5.92 Å². The van der Waals surface area contributed by atoms with Gasteiger partial charge in [-0.25, -0.2) is 0 Å². The normalized spacial score (nSPS) is 16.7. The third kappa shape index (κ3) is 5.45. The van der Waals surface area contributed by atoms with E-state index in [-0.39, 0.29) is 5.92 Å². The maximum atomic E-state index is 12.0. The van der Waals surface area contributed by atoms with Crippen molar-refractivity contribution >= 4 is 0 Å². The maximum Gasteiger partial charge on any atom is 0.117 e. The smallest absolute Gasteiger partial charge is 0.117 e. The van der Waals surface area contributed by atoms with Gasteiger partial charge in [-0.3, -0.25) is 0 Å². The van der Waals surface area contributed by atoms with Crippen LogP contribution in [0.15, 0.2) is 91.0 Å². The Morgan fingerprint density at radius 3 is 1.84 bits per heavy atom. The summed E-state index contributed by atoms with van der Waals surface area (Å²) in [5, 5.41) is 22.4. The first-order chi connectivity index (χ1) is 15.7. The highest BCUT2D eigenvalue weighted by atomic mass is 16.5. The van der Waals surface area contributed by atoms with E-state index < -0.39 is 11.7 Å². The van der Waals surface area contributed by atoms with Crippen LogP contribution in [0.4, 0.5) is 0 Å². The molecule has 0 aliphatic carbocycles. The lowest BCUT2D eigenvalue weighted by Gasteiger charge is -2.42. The number of β-amino-alcohol motifs (C(OH)–C–C–N with tert-alkyl or cyclic N) is 1. The highest BCUT2D eigenvalue weighted by Gasteiger charge is 2.41. The Kier molecular flexibility index (Phi) is 7.72. The lowest BCUT2D eigenvalue weighted by Crippen LogP contribution is -2.46. The summed E-state index contributed by atoms with van der Waals surface area (Å²) >= 11 is 0. The summed E-state index contributed by atoms with van der Waals surface area (Å²) in [5.41, 5.74) is 1.99. The van der Waals surface area contributed by atoms with Gasteiger partial charge in [0.1, 0.15) is 5.60 Å². The predicted molar refractivity (Wildman–Crippen MR) is 127 cm³/mol. The minimum Gasteiger partial charge on any atom is -0.389 e. The van der Waals surface area contributed by atoms with Crippen LogP contribution >= 0.6 is 0 Å². The van der Waals surface area contributed by atoms with Crippen molar-refractivity contribution in [2.75, 3.05) is 26.2 Å². The van der Waals surface area contributed by atoms with Gasteiger partial charge in [0.15, 0.2) is 0 Å². The Bertz CT molecular complexity index is 885. The first-order valence-electron chi connectivity index (χ1n) is 11.5. The molecule has 1 atom stereocenters. The van der Waals surface area contributed by atoms with Crippen LogP contribution in [0.25, 0.3) is 0 Å². The molecule has 0 saturated carbocycles. The fraction of sp³-hybridized carbons (Fsp3) is 0.357. The van der Waals surface area contributed by atoms with Crippen LogP contribution in [0.3, 0.4) is 0 Å². The molecule has 168 valence electrons. The summed E-state index contributed by atoms with van der Waals surface area (Å²) in [7, 11) is 0. The first-order valence-corrected chi connectivity index (χ1v) is 11.5. The monoisotopic (exact) mass is 431 g/mol. The number of aliphatic hydroxyl groups excluding tert-OH is 1. The van der Waals surface area contributed by atoms with Gasteiger partial charge < -0.3 is 19.8 Å². The number of piperidine rings is 1. The van der Waals surface area contributed by atoms with E-state index in [0.29, 0.717) is 19.8 Å². The van der Waals surface area contributed by atoms with Crippen molar-refractivity contribution in [1.29, 1.82) is 0 Å². The molecule has 0 bridgehead atoms. The zero-order valence-electron chi connectivity index (χ0n) is 18.5. The van der Waals surface area contributed by atoms with Crippen LogP contribution in [-0.2, 0) is 16.9 Å². The SMILES string of the molecule is O[C@@H](COCc1ccccc1)CN1CCC(C(O)(c2ccccc2)c2ccccc2)CC1. The minimum atomic E-state index is -1.01. The van der Waals surface area contributed by atoms with Crippen LogP contribution in [0.5, 0.6) is 0 Å². The van der Waals surface area contributed by atoms with Gasteiger partial charge in [0, 0.05) is 6.54 Å². The van der Waals surface area contributed by atoms with Gasteiger partial charge in [-0.2, -0.15) is 0 Å². The lowest BCUT2D eigenvalue weighted by atomic mass is 9.72. The van der Waals surface area contributed by atoms with Crippen LogP contribution in [0.2, 0.25) is 0 Å². The molecule has 0 spiro atoms. The zero-order valence-corrected chi connectivity index (χ0v) is 18.5. The van der Waals surface area contributed by atoms with Gasteiger partial charge in [0.25, 0.3) is 0 Å². The van der Waals surface area contributed by atoms with E-state index in [1.165, 1.54) is 0 Å². The van der Waals surface area contributed by atoms with Crippen molar-refractivity contribution in [2.45, 2.75) is 31.2 Å². The molecule has 3 aromatic rings. The topological polar surface area (TPSA) is 52.9 Å². The van der Waals surface area contributed by atoms with Crippen LogP contribution in [0, 0.1) is 5.92 Å².